The molecule has 2 N–H and O–H groups in total. The molecule has 1 fully saturated rings. The number of aromatic carboxylic acids is 1. The first-order chi connectivity index (χ1) is 8.65. The van der Waals surface area contributed by atoms with Crippen molar-refractivity contribution in [1.29, 1.82) is 0 Å². The third kappa shape index (κ3) is 2.93. The van der Waals surface area contributed by atoms with Crippen LogP contribution in [0.2, 0.25) is 0 Å². The SMILES string of the molecule is CSC1(CNc2cnc(C(=O)O)cn2)CCCC1. The molecule has 6 heteroatoms. The molecule has 0 bridgehead atoms. The first-order valence-corrected chi connectivity index (χ1v) is 7.22. The lowest BCUT2D eigenvalue weighted by Crippen LogP contribution is -2.30. The van der Waals surface area contributed by atoms with Gasteiger partial charge < -0.3 is 10.4 Å². The summed E-state index contributed by atoms with van der Waals surface area (Å²) in [5.41, 5.74) is -0.0269. The number of nitrogens with one attached hydrogen (secondary N) is 1. The molecule has 1 heterocycles. The lowest BCUT2D eigenvalue weighted by atomic mass is 10.1. The molecule has 1 aliphatic rings. The van der Waals surface area contributed by atoms with Crippen LogP contribution in [-0.4, -0.2) is 38.6 Å². The number of aromatic nitrogens is 2. The van der Waals surface area contributed by atoms with Crippen molar-refractivity contribution in [1.82, 2.24) is 9.97 Å². The highest BCUT2D eigenvalue weighted by Crippen LogP contribution is 2.40. The van der Waals surface area contributed by atoms with Crippen molar-refractivity contribution in [2.45, 2.75) is 30.4 Å². The molecule has 1 aliphatic carbocycles. The lowest BCUT2D eigenvalue weighted by Gasteiger charge is -2.27. The Balaban J connectivity index is 1.95. The summed E-state index contributed by atoms with van der Waals surface area (Å²) in [6.07, 6.45) is 9.92. The first-order valence-electron chi connectivity index (χ1n) is 6.00. The summed E-state index contributed by atoms with van der Waals surface area (Å²) >= 11 is 1.90. The molecule has 1 aromatic heterocycles. The molecular weight excluding hydrogens is 250 g/mol. The maximum atomic E-state index is 10.7. The van der Waals surface area contributed by atoms with Gasteiger partial charge in [-0.3, -0.25) is 0 Å². The summed E-state index contributed by atoms with van der Waals surface area (Å²) in [5.74, 6) is -0.411. The van der Waals surface area contributed by atoms with Crippen molar-refractivity contribution < 1.29 is 9.90 Å². The zero-order valence-electron chi connectivity index (χ0n) is 10.3. The van der Waals surface area contributed by atoms with E-state index in [-0.39, 0.29) is 5.69 Å². The van der Waals surface area contributed by atoms with E-state index in [1.54, 1.807) is 0 Å². The molecule has 0 aromatic carbocycles. The van der Waals surface area contributed by atoms with Crippen molar-refractivity contribution in [3.05, 3.63) is 18.1 Å². The monoisotopic (exact) mass is 267 g/mol. The van der Waals surface area contributed by atoms with E-state index < -0.39 is 5.97 Å². The zero-order chi connectivity index (χ0) is 13.0. The number of carbonyl (C=O) groups is 1. The van der Waals surface area contributed by atoms with Gasteiger partial charge in [-0.1, -0.05) is 12.8 Å². The van der Waals surface area contributed by atoms with E-state index in [0.29, 0.717) is 10.6 Å². The summed E-state index contributed by atoms with van der Waals surface area (Å²) < 4.78 is 0.299. The Hall–Kier alpha value is -1.30. The second-order valence-corrected chi connectivity index (χ2v) is 5.81. The predicted octanol–water partition coefficient (Wildman–Crippen LogP) is 2.26. The quantitative estimate of drug-likeness (QED) is 0.852. The minimum atomic E-state index is -1.05. The van der Waals surface area contributed by atoms with Crippen LogP contribution in [-0.2, 0) is 0 Å². The molecule has 1 saturated carbocycles. The van der Waals surface area contributed by atoms with Gasteiger partial charge in [-0.05, 0) is 19.1 Å². The van der Waals surface area contributed by atoms with E-state index in [1.165, 1.54) is 38.1 Å². The van der Waals surface area contributed by atoms with Crippen LogP contribution >= 0.6 is 11.8 Å². The topological polar surface area (TPSA) is 75.1 Å². The molecule has 18 heavy (non-hydrogen) atoms. The molecule has 1 aromatic rings. The number of carboxylic acid groups (broad SMARTS) is 1. The molecule has 0 aliphatic heterocycles. The van der Waals surface area contributed by atoms with Crippen molar-refractivity contribution in [3.8, 4) is 0 Å². The number of hydrogen-bond acceptors (Lipinski definition) is 5. The Morgan fingerprint density at radius 2 is 2.17 bits per heavy atom. The zero-order valence-corrected chi connectivity index (χ0v) is 11.2. The minimum absolute atomic E-state index is 0.0269. The maximum Gasteiger partial charge on any atom is 0.356 e. The van der Waals surface area contributed by atoms with E-state index in [0.717, 1.165) is 6.54 Å². The Morgan fingerprint density at radius 3 is 2.67 bits per heavy atom. The second-order valence-electron chi connectivity index (χ2n) is 4.54. The van der Waals surface area contributed by atoms with E-state index in [2.05, 4.69) is 21.5 Å². The molecule has 0 radical (unpaired) electrons. The molecule has 2 rings (SSSR count). The Kier molecular flexibility index (Phi) is 4.06. The van der Waals surface area contributed by atoms with Gasteiger partial charge in [0.05, 0.1) is 12.4 Å². The lowest BCUT2D eigenvalue weighted by molar-refractivity contribution is 0.0690. The fourth-order valence-corrected chi connectivity index (χ4v) is 3.17. The van der Waals surface area contributed by atoms with Crippen LogP contribution in [0.5, 0.6) is 0 Å². The summed E-state index contributed by atoms with van der Waals surface area (Å²) in [6.45, 7) is 0.856. The summed E-state index contributed by atoms with van der Waals surface area (Å²) in [5, 5.41) is 12.0. The first kappa shape index (κ1) is 13.1. The Labute approximate surface area is 110 Å². The fraction of sp³-hybridized carbons (Fsp3) is 0.583. The van der Waals surface area contributed by atoms with E-state index in [9.17, 15) is 4.79 Å². The maximum absolute atomic E-state index is 10.7. The number of nitrogens with zero attached hydrogens (tertiary/aromatic N) is 2. The second kappa shape index (κ2) is 5.56. The number of anilines is 1. The number of thioether (sulfide) groups is 1. The van der Waals surface area contributed by atoms with Crippen molar-refractivity contribution in [3.63, 3.8) is 0 Å². The van der Waals surface area contributed by atoms with Crippen LogP contribution in [0.15, 0.2) is 12.4 Å². The standard InChI is InChI=1S/C12H17N3O2S/c1-18-12(4-2-3-5-12)8-15-10-7-13-9(6-14-10)11(16)17/h6-7H,2-5,8H2,1H3,(H,14,15)(H,16,17). The number of rotatable bonds is 5. The van der Waals surface area contributed by atoms with Gasteiger partial charge in [0.1, 0.15) is 5.82 Å². The van der Waals surface area contributed by atoms with Gasteiger partial charge in [-0.25, -0.2) is 14.8 Å². The van der Waals surface area contributed by atoms with Crippen LogP contribution in [0.25, 0.3) is 0 Å². The van der Waals surface area contributed by atoms with Crippen molar-refractivity contribution >= 4 is 23.5 Å². The van der Waals surface area contributed by atoms with Crippen molar-refractivity contribution in [2.24, 2.45) is 0 Å². The molecule has 0 saturated heterocycles. The van der Waals surface area contributed by atoms with E-state index >= 15 is 0 Å². The average Bonchev–Trinajstić information content (AvgIpc) is 2.86. The summed E-state index contributed by atoms with van der Waals surface area (Å²) in [4.78, 5) is 18.6. The van der Waals surface area contributed by atoms with Crippen LogP contribution in [0.1, 0.15) is 36.2 Å². The fourth-order valence-electron chi connectivity index (χ4n) is 2.25. The van der Waals surface area contributed by atoms with Gasteiger partial charge in [0.15, 0.2) is 5.69 Å². The largest absolute Gasteiger partial charge is 0.476 e. The Bertz CT molecular complexity index is 416. The van der Waals surface area contributed by atoms with Crippen LogP contribution in [0, 0.1) is 0 Å². The average molecular weight is 267 g/mol. The highest BCUT2D eigenvalue weighted by molar-refractivity contribution is 8.00. The molecule has 5 nitrogen and oxygen atoms in total. The predicted molar refractivity (Wildman–Crippen MR) is 72.2 cm³/mol. The van der Waals surface area contributed by atoms with Gasteiger partial charge >= 0.3 is 5.97 Å². The molecule has 98 valence electrons. The van der Waals surface area contributed by atoms with E-state index in [4.69, 9.17) is 5.11 Å². The third-order valence-corrected chi connectivity index (χ3v) is 4.83. The highest BCUT2D eigenvalue weighted by Gasteiger charge is 2.32. The summed E-state index contributed by atoms with van der Waals surface area (Å²) in [7, 11) is 0. The van der Waals surface area contributed by atoms with Gasteiger partial charge in [0, 0.05) is 11.3 Å². The molecule has 0 atom stereocenters. The molecule has 0 unspecified atom stereocenters. The molecule has 0 spiro atoms. The Morgan fingerprint density at radius 1 is 1.44 bits per heavy atom. The van der Waals surface area contributed by atoms with Gasteiger partial charge in [-0.2, -0.15) is 11.8 Å². The smallest absolute Gasteiger partial charge is 0.356 e. The van der Waals surface area contributed by atoms with Gasteiger partial charge in [0.2, 0.25) is 0 Å². The van der Waals surface area contributed by atoms with Crippen LogP contribution in [0.4, 0.5) is 5.82 Å². The number of hydrogen-bond donors (Lipinski definition) is 2. The van der Waals surface area contributed by atoms with E-state index in [1.807, 2.05) is 11.8 Å². The van der Waals surface area contributed by atoms with Crippen LogP contribution < -0.4 is 5.32 Å². The van der Waals surface area contributed by atoms with Gasteiger partial charge in [-0.15, -0.1) is 0 Å². The normalized spacial score (nSPS) is 17.6. The molecule has 0 amide bonds. The molecular formula is C12H17N3O2S. The van der Waals surface area contributed by atoms with Crippen molar-refractivity contribution in [2.75, 3.05) is 18.1 Å². The van der Waals surface area contributed by atoms with Gasteiger partial charge in [0.25, 0.3) is 0 Å². The van der Waals surface area contributed by atoms with Crippen LogP contribution in [0.3, 0.4) is 0 Å². The minimum Gasteiger partial charge on any atom is -0.476 e. The summed E-state index contributed by atoms with van der Waals surface area (Å²) in [6, 6.07) is 0. The number of carboxylic acids is 1. The highest BCUT2D eigenvalue weighted by atomic mass is 32.2. The third-order valence-electron chi connectivity index (χ3n) is 3.41.